The number of hydrogen-bond acceptors (Lipinski definition) is 3. The Morgan fingerprint density at radius 3 is 3.00 bits per heavy atom. The lowest BCUT2D eigenvalue weighted by Gasteiger charge is -2.16. The Hall–Kier alpha value is -1.05. The van der Waals surface area contributed by atoms with Crippen molar-refractivity contribution in [2.45, 2.75) is 32.9 Å². The maximum Gasteiger partial charge on any atom is 0.0954 e. The van der Waals surface area contributed by atoms with Crippen molar-refractivity contribution >= 4 is 11.6 Å². The van der Waals surface area contributed by atoms with Crippen LogP contribution in [0.5, 0.6) is 0 Å². The first-order valence-electron chi connectivity index (χ1n) is 5.59. The van der Waals surface area contributed by atoms with Crippen molar-refractivity contribution < 1.29 is 0 Å². The van der Waals surface area contributed by atoms with Crippen LogP contribution in [0.15, 0.2) is 0 Å². The largest absolute Gasteiger partial charge is 0.298 e. The Balaban J connectivity index is 2.31. The van der Waals surface area contributed by atoms with Gasteiger partial charge in [-0.05, 0) is 13.0 Å². The van der Waals surface area contributed by atoms with Crippen LogP contribution in [0.3, 0.4) is 0 Å². The van der Waals surface area contributed by atoms with E-state index in [1.54, 1.807) is 0 Å². The molecular weight excluding hydrogens is 224 g/mol. The quantitative estimate of drug-likeness (QED) is 0.790. The monoisotopic (exact) mass is 238 g/mol. The number of rotatable bonds is 2. The molecule has 86 valence electrons. The van der Waals surface area contributed by atoms with E-state index in [1.807, 2.05) is 4.68 Å². The molecule has 0 fully saturated rings. The fourth-order valence-electron chi connectivity index (χ4n) is 2.06. The second-order valence-corrected chi connectivity index (χ2v) is 4.37. The molecule has 0 unspecified atom stereocenters. The first-order valence-corrected chi connectivity index (χ1v) is 5.97. The van der Waals surface area contributed by atoms with E-state index >= 15 is 0 Å². The Bertz CT molecular complexity index is 418. The molecule has 0 aliphatic carbocycles. The van der Waals surface area contributed by atoms with Crippen LogP contribution < -0.4 is 0 Å². The van der Waals surface area contributed by atoms with Crippen molar-refractivity contribution in [2.75, 3.05) is 13.1 Å². The van der Waals surface area contributed by atoms with Gasteiger partial charge in [0.1, 0.15) is 0 Å². The lowest BCUT2D eigenvalue weighted by atomic mass is 10.3. The molecular formula is C11H15ClN4. The van der Waals surface area contributed by atoms with E-state index in [9.17, 15) is 0 Å². The van der Waals surface area contributed by atoms with Crippen molar-refractivity contribution in [3.8, 4) is 6.07 Å². The third kappa shape index (κ3) is 2.06. The molecule has 1 aliphatic heterocycles. The van der Waals surface area contributed by atoms with Gasteiger partial charge in [-0.1, -0.05) is 18.5 Å². The highest BCUT2D eigenvalue weighted by molar-refractivity contribution is 6.31. The molecule has 0 bridgehead atoms. The number of aryl methyl sites for hydroxylation is 1. The molecule has 16 heavy (non-hydrogen) atoms. The summed E-state index contributed by atoms with van der Waals surface area (Å²) in [5, 5.41) is 13.8. The lowest BCUT2D eigenvalue weighted by Crippen LogP contribution is -2.22. The van der Waals surface area contributed by atoms with Gasteiger partial charge in [-0.25, -0.2) is 0 Å². The van der Waals surface area contributed by atoms with Gasteiger partial charge in [0.15, 0.2) is 0 Å². The summed E-state index contributed by atoms with van der Waals surface area (Å²) in [4.78, 5) is 2.35. The molecule has 5 heteroatoms. The smallest absolute Gasteiger partial charge is 0.0954 e. The van der Waals surface area contributed by atoms with Crippen molar-refractivity contribution in [2.24, 2.45) is 0 Å². The average Bonchev–Trinajstić information content (AvgIpc) is 2.50. The van der Waals surface area contributed by atoms with Gasteiger partial charge < -0.3 is 0 Å². The Labute approximate surface area is 100 Å². The summed E-state index contributed by atoms with van der Waals surface area (Å²) in [6, 6.07) is 2.10. The van der Waals surface area contributed by atoms with E-state index in [4.69, 9.17) is 16.9 Å². The molecule has 0 N–H and O–H groups in total. The van der Waals surface area contributed by atoms with Crippen molar-refractivity contribution in [1.29, 1.82) is 5.26 Å². The second kappa shape index (κ2) is 4.86. The van der Waals surface area contributed by atoms with Crippen molar-refractivity contribution in [3.63, 3.8) is 0 Å². The van der Waals surface area contributed by atoms with Gasteiger partial charge in [0.05, 0.1) is 28.9 Å². The van der Waals surface area contributed by atoms with E-state index in [0.717, 1.165) is 44.0 Å². The van der Waals surface area contributed by atoms with Crippen LogP contribution in [0.2, 0.25) is 5.02 Å². The molecule has 0 amide bonds. The second-order valence-electron chi connectivity index (χ2n) is 3.99. The summed E-state index contributed by atoms with van der Waals surface area (Å²) in [7, 11) is 0. The van der Waals surface area contributed by atoms with Crippen LogP contribution in [0.1, 0.15) is 24.7 Å². The average molecular weight is 239 g/mol. The fourth-order valence-corrected chi connectivity index (χ4v) is 2.32. The summed E-state index contributed by atoms with van der Waals surface area (Å²) in [5.41, 5.74) is 1.78. The number of fused-ring (bicyclic) bond motifs is 1. The van der Waals surface area contributed by atoms with Crippen LogP contribution in [-0.4, -0.2) is 27.8 Å². The number of halogens is 1. The van der Waals surface area contributed by atoms with Gasteiger partial charge in [0.2, 0.25) is 0 Å². The van der Waals surface area contributed by atoms with E-state index in [2.05, 4.69) is 23.0 Å². The third-order valence-electron chi connectivity index (χ3n) is 2.97. The lowest BCUT2D eigenvalue weighted by molar-refractivity contribution is 0.284. The molecule has 1 aliphatic rings. The molecule has 2 rings (SSSR count). The molecule has 0 radical (unpaired) electrons. The van der Waals surface area contributed by atoms with Crippen LogP contribution in [-0.2, 0) is 19.5 Å². The van der Waals surface area contributed by atoms with Gasteiger partial charge in [-0.3, -0.25) is 9.58 Å². The SMILES string of the molecule is CCN1CCCn2nc(CC#N)c(Cl)c2C1. The number of nitrogens with zero attached hydrogens (tertiary/aromatic N) is 4. The zero-order valence-corrected chi connectivity index (χ0v) is 10.2. The molecule has 2 heterocycles. The minimum absolute atomic E-state index is 0.297. The highest BCUT2D eigenvalue weighted by atomic mass is 35.5. The highest BCUT2D eigenvalue weighted by Gasteiger charge is 2.20. The topological polar surface area (TPSA) is 44.9 Å². The summed E-state index contributed by atoms with van der Waals surface area (Å²) in [6.07, 6.45) is 1.38. The Morgan fingerprint density at radius 2 is 2.31 bits per heavy atom. The minimum Gasteiger partial charge on any atom is -0.298 e. The predicted octanol–water partition coefficient (Wildman–Crippen LogP) is 1.83. The third-order valence-corrected chi connectivity index (χ3v) is 3.41. The van der Waals surface area contributed by atoms with Gasteiger partial charge in [0.25, 0.3) is 0 Å². The summed E-state index contributed by atoms with van der Waals surface area (Å²) in [6.45, 7) is 6.00. The maximum absolute atomic E-state index is 8.69. The first kappa shape index (κ1) is 11.4. The minimum atomic E-state index is 0.297. The number of hydrogen-bond donors (Lipinski definition) is 0. The summed E-state index contributed by atoms with van der Waals surface area (Å²) in [5.74, 6) is 0. The van der Waals surface area contributed by atoms with Crippen molar-refractivity contribution in [1.82, 2.24) is 14.7 Å². The molecule has 0 saturated heterocycles. The van der Waals surface area contributed by atoms with Crippen LogP contribution in [0.4, 0.5) is 0 Å². The molecule has 4 nitrogen and oxygen atoms in total. The van der Waals surface area contributed by atoms with E-state index < -0.39 is 0 Å². The number of aromatic nitrogens is 2. The Morgan fingerprint density at radius 1 is 1.50 bits per heavy atom. The molecule has 0 saturated carbocycles. The van der Waals surface area contributed by atoms with Gasteiger partial charge in [-0.2, -0.15) is 10.4 Å². The van der Waals surface area contributed by atoms with Gasteiger partial charge >= 0.3 is 0 Å². The number of nitriles is 1. The first-order chi connectivity index (χ1) is 7.76. The van der Waals surface area contributed by atoms with Crippen molar-refractivity contribution in [3.05, 3.63) is 16.4 Å². The molecule has 1 aromatic heterocycles. The molecule has 0 atom stereocenters. The Kier molecular flexibility index (Phi) is 3.47. The molecule has 1 aromatic rings. The van der Waals surface area contributed by atoms with Crippen LogP contribution in [0.25, 0.3) is 0 Å². The van der Waals surface area contributed by atoms with Crippen LogP contribution >= 0.6 is 11.6 Å². The fraction of sp³-hybridized carbons (Fsp3) is 0.636. The maximum atomic E-state index is 8.69. The zero-order valence-electron chi connectivity index (χ0n) is 9.41. The zero-order chi connectivity index (χ0) is 11.5. The summed E-state index contributed by atoms with van der Waals surface area (Å²) < 4.78 is 1.96. The van der Waals surface area contributed by atoms with E-state index in [-0.39, 0.29) is 0 Å². The van der Waals surface area contributed by atoms with Gasteiger partial charge in [0, 0.05) is 19.6 Å². The predicted molar refractivity (Wildman–Crippen MR) is 62.1 cm³/mol. The standard InChI is InChI=1S/C11H15ClN4/c1-2-15-6-3-7-16-10(8-15)11(12)9(14-16)4-5-13/h2-4,6-8H2,1H3. The normalized spacial score (nSPS) is 16.6. The highest BCUT2D eigenvalue weighted by Crippen LogP contribution is 2.24. The van der Waals surface area contributed by atoms with Gasteiger partial charge in [-0.15, -0.1) is 0 Å². The van der Waals surface area contributed by atoms with E-state index in [0.29, 0.717) is 11.4 Å². The van der Waals surface area contributed by atoms with E-state index in [1.165, 1.54) is 0 Å². The molecule has 0 spiro atoms. The molecule has 0 aromatic carbocycles. The summed E-state index contributed by atoms with van der Waals surface area (Å²) >= 11 is 6.25. The van der Waals surface area contributed by atoms with Crippen LogP contribution in [0, 0.1) is 11.3 Å².